The van der Waals surface area contributed by atoms with Gasteiger partial charge in [-0.15, -0.1) is 0 Å². The Morgan fingerprint density at radius 1 is 1.23 bits per heavy atom. The van der Waals surface area contributed by atoms with Gasteiger partial charge in [-0.25, -0.2) is 4.39 Å². The van der Waals surface area contributed by atoms with Gasteiger partial charge in [0.15, 0.2) is 0 Å². The van der Waals surface area contributed by atoms with Crippen molar-refractivity contribution in [3.63, 3.8) is 0 Å². The van der Waals surface area contributed by atoms with E-state index in [0.29, 0.717) is 0 Å². The van der Waals surface area contributed by atoms with Gasteiger partial charge in [-0.2, -0.15) is 5.10 Å². The fraction of sp³-hybridized carbons (Fsp3) is 0.636. The van der Waals surface area contributed by atoms with E-state index >= 15 is 0 Å². The summed E-state index contributed by atoms with van der Waals surface area (Å²) in [6, 6.07) is 0. The number of hydrazone groups is 1. The van der Waals surface area contributed by atoms with E-state index in [9.17, 15) is 4.39 Å². The Balaban J connectivity index is 0.00000163. The number of hydrogen-bond acceptors (Lipinski definition) is 3. The van der Waals surface area contributed by atoms with Gasteiger partial charge in [0.1, 0.15) is 11.7 Å². The number of nitrogens with one attached hydrogen (secondary N) is 1. The van der Waals surface area contributed by atoms with Crippen LogP contribution >= 0.6 is 0 Å². The van der Waals surface area contributed by atoms with Crippen LogP contribution in [0.4, 0.5) is 4.39 Å². The third-order valence-corrected chi connectivity index (χ3v) is 5.03. The lowest BCUT2D eigenvalue weighted by Gasteiger charge is -2.44. The van der Waals surface area contributed by atoms with E-state index in [1.807, 2.05) is 26.1 Å². The van der Waals surface area contributed by atoms with Crippen LogP contribution in [0, 0.1) is 5.41 Å². The maximum atomic E-state index is 12.9. The molecule has 0 aromatic heterocycles. The quantitative estimate of drug-likeness (QED) is 0.440. The van der Waals surface area contributed by atoms with Gasteiger partial charge in [0.25, 0.3) is 0 Å². The highest BCUT2D eigenvalue weighted by atomic mass is 19.1. The first-order chi connectivity index (χ1) is 12.7. The minimum atomic E-state index is -0.400. The average Bonchev–Trinajstić information content (AvgIpc) is 2.67. The number of nitrogens with zero attached hydrogens (tertiary/aromatic N) is 2. The van der Waals surface area contributed by atoms with E-state index in [1.165, 1.54) is 37.3 Å². The third-order valence-electron chi connectivity index (χ3n) is 5.03. The molecule has 0 amide bonds. The van der Waals surface area contributed by atoms with Crippen molar-refractivity contribution >= 4 is 12.1 Å². The first-order valence-electron chi connectivity index (χ1n) is 10.2. The van der Waals surface area contributed by atoms with Crippen molar-refractivity contribution in [1.29, 1.82) is 0 Å². The summed E-state index contributed by atoms with van der Waals surface area (Å²) in [5.74, 6) is 0.593. The Hall–Kier alpha value is -1.71. The molecule has 1 saturated carbocycles. The summed E-state index contributed by atoms with van der Waals surface area (Å²) < 4.78 is 12.9. The highest BCUT2D eigenvalue weighted by molar-refractivity contribution is 5.92. The zero-order valence-electron chi connectivity index (χ0n) is 16.9. The van der Waals surface area contributed by atoms with Crippen molar-refractivity contribution in [2.75, 3.05) is 6.54 Å². The fourth-order valence-electron chi connectivity index (χ4n) is 3.50. The topological polar surface area (TPSA) is 36.8 Å². The summed E-state index contributed by atoms with van der Waals surface area (Å²) in [4.78, 5) is 4.87. The van der Waals surface area contributed by atoms with Gasteiger partial charge in [-0.05, 0) is 51.5 Å². The van der Waals surface area contributed by atoms with E-state index in [-0.39, 0.29) is 5.41 Å². The molecule has 0 radical (unpaired) electrons. The second kappa shape index (κ2) is 12.6. The Labute approximate surface area is 159 Å². The molecule has 2 aliphatic rings. The second-order valence-electron chi connectivity index (χ2n) is 6.66. The van der Waals surface area contributed by atoms with Crippen molar-refractivity contribution in [2.24, 2.45) is 15.5 Å². The van der Waals surface area contributed by atoms with E-state index < -0.39 is 5.83 Å². The predicted molar refractivity (Wildman–Crippen MR) is 112 cm³/mol. The minimum absolute atomic E-state index is 0.0534. The molecule has 0 spiro atoms. The maximum Gasteiger partial charge on any atom is 0.127 e. The van der Waals surface area contributed by atoms with Crippen LogP contribution in [0.2, 0.25) is 0 Å². The van der Waals surface area contributed by atoms with Crippen LogP contribution in [0.1, 0.15) is 78.6 Å². The normalized spacial score (nSPS) is 22.0. The molecular weight excluding hydrogens is 325 g/mol. The molecule has 1 aliphatic heterocycles. The molecule has 3 nitrogen and oxygen atoms in total. The molecule has 1 fully saturated rings. The first kappa shape index (κ1) is 22.3. The lowest BCUT2D eigenvalue weighted by atomic mass is 9.62. The molecule has 0 bridgehead atoms. The molecule has 26 heavy (non-hydrogen) atoms. The standard InChI is InChI=1S/C20H30FN3.C2H6/c1-3-18(12-9-11-17(2)21)20(13-10-14-20)19-22-15-7-5-4-6-8-16-23-24-19;1-2/h3,9,11,16H,2,4-8,10,12-15H2,1H3,(H,22,24);1-2H3/b11-9-,18-3+,23-16+;. The predicted octanol–water partition coefficient (Wildman–Crippen LogP) is 6.50. The molecule has 1 heterocycles. The molecule has 4 heteroatoms. The van der Waals surface area contributed by atoms with Crippen molar-refractivity contribution in [2.45, 2.75) is 78.6 Å². The summed E-state index contributed by atoms with van der Waals surface area (Å²) in [7, 11) is 0. The molecule has 0 atom stereocenters. The molecule has 1 N–H and O–H groups in total. The largest absolute Gasteiger partial charge is 0.270 e. The van der Waals surface area contributed by atoms with Crippen LogP contribution in [0.25, 0.3) is 0 Å². The number of allylic oxidation sites excluding steroid dienone is 4. The minimum Gasteiger partial charge on any atom is -0.270 e. The van der Waals surface area contributed by atoms with Gasteiger partial charge in [0, 0.05) is 12.8 Å². The van der Waals surface area contributed by atoms with Crippen molar-refractivity contribution < 1.29 is 4.39 Å². The molecular formula is C22H36FN3. The van der Waals surface area contributed by atoms with Crippen LogP contribution in [0.15, 0.2) is 46.3 Å². The zero-order valence-corrected chi connectivity index (χ0v) is 16.9. The molecule has 1 aliphatic carbocycles. The number of aliphatic imine (C=N–C) groups is 1. The van der Waals surface area contributed by atoms with Crippen LogP contribution in [0.3, 0.4) is 0 Å². The summed E-state index contributed by atoms with van der Waals surface area (Å²) in [6.07, 6.45) is 17.3. The number of amidine groups is 1. The van der Waals surface area contributed by atoms with Gasteiger partial charge in [0.05, 0.1) is 5.41 Å². The highest BCUT2D eigenvalue weighted by Crippen LogP contribution is 2.49. The van der Waals surface area contributed by atoms with E-state index in [2.05, 4.69) is 30.1 Å². The smallest absolute Gasteiger partial charge is 0.127 e. The summed E-state index contributed by atoms with van der Waals surface area (Å²) in [5, 5.41) is 4.40. The number of hydrogen-bond donors (Lipinski definition) is 1. The van der Waals surface area contributed by atoms with Gasteiger partial charge in [0.2, 0.25) is 0 Å². The molecule has 0 aromatic rings. The highest BCUT2D eigenvalue weighted by Gasteiger charge is 2.44. The summed E-state index contributed by atoms with van der Waals surface area (Å²) in [6.45, 7) is 10.2. The summed E-state index contributed by atoms with van der Waals surface area (Å²) >= 11 is 0. The Kier molecular flexibility index (Phi) is 10.8. The number of rotatable bonds is 5. The van der Waals surface area contributed by atoms with Crippen molar-refractivity contribution in [3.05, 3.63) is 36.2 Å². The van der Waals surface area contributed by atoms with Crippen molar-refractivity contribution in [3.8, 4) is 0 Å². The zero-order chi connectivity index (χ0) is 19.3. The molecule has 0 aromatic carbocycles. The van der Waals surface area contributed by atoms with Crippen LogP contribution < -0.4 is 5.43 Å². The molecule has 0 saturated heterocycles. The van der Waals surface area contributed by atoms with Crippen molar-refractivity contribution in [1.82, 2.24) is 5.43 Å². The van der Waals surface area contributed by atoms with Crippen LogP contribution in [-0.2, 0) is 0 Å². The average molecular weight is 362 g/mol. The third kappa shape index (κ3) is 6.54. The molecule has 0 unspecified atom stereocenters. The molecule has 2 rings (SSSR count). The first-order valence-corrected chi connectivity index (χ1v) is 10.2. The Bertz CT molecular complexity index is 540. The maximum absolute atomic E-state index is 12.9. The van der Waals surface area contributed by atoms with E-state index in [4.69, 9.17) is 4.99 Å². The monoisotopic (exact) mass is 361 g/mol. The molecule has 146 valence electrons. The van der Waals surface area contributed by atoms with Gasteiger partial charge in [-0.1, -0.05) is 57.4 Å². The number of halogens is 1. The van der Waals surface area contributed by atoms with E-state index in [0.717, 1.165) is 44.5 Å². The lowest BCUT2D eigenvalue weighted by molar-refractivity contribution is 0.273. The van der Waals surface area contributed by atoms with Crippen LogP contribution in [-0.4, -0.2) is 18.6 Å². The Morgan fingerprint density at radius 3 is 2.58 bits per heavy atom. The summed E-state index contributed by atoms with van der Waals surface area (Å²) in [5.41, 5.74) is 4.48. The SMILES string of the molecule is C=C(F)/C=C\C/C(=C\C)C1(C2=NCCCCCC/C=N/N2)CCC1.CC. The van der Waals surface area contributed by atoms with Crippen LogP contribution in [0.5, 0.6) is 0 Å². The van der Waals surface area contributed by atoms with Gasteiger partial charge >= 0.3 is 0 Å². The van der Waals surface area contributed by atoms with E-state index in [1.54, 1.807) is 0 Å². The second-order valence-corrected chi connectivity index (χ2v) is 6.66. The Morgan fingerprint density at radius 2 is 1.96 bits per heavy atom. The fourth-order valence-corrected chi connectivity index (χ4v) is 3.50. The van der Waals surface area contributed by atoms with Gasteiger partial charge < -0.3 is 0 Å². The lowest BCUT2D eigenvalue weighted by Crippen LogP contribution is -2.46. The van der Waals surface area contributed by atoms with Gasteiger partial charge in [-0.3, -0.25) is 10.4 Å².